The summed E-state index contributed by atoms with van der Waals surface area (Å²) in [5, 5.41) is 9.62. The van der Waals surface area contributed by atoms with E-state index in [2.05, 4.69) is 20.8 Å². The quantitative estimate of drug-likeness (QED) is 0.692. The highest BCUT2D eigenvalue weighted by atomic mass is 16.5. The van der Waals surface area contributed by atoms with Crippen molar-refractivity contribution in [2.24, 2.45) is 0 Å². The van der Waals surface area contributed by atoms with Crippen molar-refractivity contribution in [3.05, 3.63) is 60.1 Å². The first kappa shape index (κ1) is 17.5. The summed E-state index contributed by atoms with van der Waals surface area (Å²) in [6.07, 6.45) is 1.70. The molecule has 2 aromatic heterocycles. The fraction of sp³-hybridized carbons (Fsp3) is 0.211. The van der Waals surface area contributed by atoms with Crippen LogP contribution in [0.5, 0.6) is 5.75 Å². The number of rotatable bonds is 6. The zero-order chi connectivity index (χ0) is 18.5. The molecule has 26 heavy (non-hydrogen) atoms. The molecule has 0 aliphatic heterocycles. The molecule has 0 saturated heterocycles. The second-order valence-electron chi connectivity index (χ2n) is 6.02. The third kappa shape index (κ3) is 4.60. The van der Waals surface area contributed by atoms with E-state index in [1.54, 1.807) is 31.3 Å². The summed E-state index contributed by atoms with van der Waals surface area (Å²) in [4.78, 5) is 16.4. The SMILES string of the molecule is Cc1cc(NC(=O)c2cc(Nc3ccc(OC(C)C)cc3)ccn2)no1. The van der Waals surface area contributed by atoms with Gasteiger partial charge in [-0.2, -0.15) is 0 Å². The van der Waals surface area contributed by atoms with Crippen molar-refractivity contribution < 1.29 is 14.1 Å². The number of nitrogens with zero attached hydrogens (tertiary/aromatic N) is 2. The zero-order valence-corrected chi connectivity index (χ0v) is 14.8. The van der Waals surface area contributed by atoms with Crippen LogP contribution in [0.25, 0.3) is 0 Å². The van der Waals surface area contributed by atoms with Gasteiger partial charge in [0.15, 0.2) is 5.82 Å². The van der Waals surface area contributed by atoms with E-state index in [0.29, 0.717) is 11.6 Å². The molecular weight excluding hydrogens is 332 g/mol. The van der Waals surface area contributed by atoms with Gasteiger partial charge in [-0.15, -0.1) is 0 Å². The van der Waals surface area contributed by atoms with E-state index in [4.69, 9.17) is 9.26 Å². The first-order valence-electron chi connectivity index (χ1n) is 8.24. The number of nitrogens with one attached hydrogen (secondary N) is 2. The van der Waals surface area contributed by atoms with Crippen LogP contribution in [0.1, 0.15) is 30.1 Å². The molecule has 0 aliphatic rings. The number of aryl methyl sites for hydroxylation is 1. The van der Waals surface area contributed by atoms with Gasteiger partial charge in [0, 0.05) is 23.6 Å². The Morgan fingerprint density at radius 1 is 1.12 bits per heavy atom. The van der Waals surface area contributed by atoms with Crippen molar-refractivity contribution in [2.75, 3.05) is 10.6 Å². The number of anilines is 3. The zero-order valence-electron chi connectivity index (χ0n) is 14.8. The van der Waals surface area contributed by atoms with Crippen LogP contribution < -0.4 is 15.4 Å². The molecule has 1 amide bonds. The van der Waals surface area contributed by atoms with Gasteiger partial charge in [0.05, 0.1) is 6.10 Å². The van der Waals surface area contributed by atoms with E-state index in [1.165, 1.54) is 0 Å². The number of amides is 1. The highest BCUT2D eigenvalue weighted by molar-refractivity contribution is 6.02. The van der Waals surface area contributed by atoms with Gasteiger partial charge in [-0.3, -0.25) is 9.78 Å². The summed E-state index contributed by atoms with van der Waals surface area (Å²) in [6.45, 7) is 5.72. The molecule has 1 aromatic carbocycles. The fourth-order valence-corrected chi connectivity index (χ4v) is 2.29. The molecule has 3 aromatic rings. The van der Waals surface area contributed by atoms with E-state index in [1.807, 2.05) is 38.1 Å². The lowest BCUT2D eigenvalue weighted by Crippen LogP contribution is -2.14. The average Bonchev–Trinajstić information content (AvgIpc) is 3.01. The van der Waals surface area contributed by atoms with Crippen LogP contribution in [-0.4, -0.2) is 22.2 Å². The highest BCUT2D eigenvalue weighted by Gasteiger charge is 2.11. The molecular formula is C19H20N4O3. The van der Waals surface area contributed by atoms with Crippen molar-refractivity contribution in [3.63, 3.8) is 0 Å². The molecule has 0 aliphatic carbocycles. The van der Waals surface area contributed by atoms with Crippen LogP contribution in [0.3, 0.4) is 0 Å². The molecule has 0 saturated carbocycles. The normalized spacial score (nSPS) is 10.6. The lowest BCUT2D eigenvalue weighted by atomic mass is 10.2. The summed E-state index contributed by atoms with van der Waals surface area (Å²) in [5.74, 6) is 1.42. The standard InChI is InChI=1S/C19H20N4O3/c1-12(2)25-16-6-4-14(5-7-16)21-15-8-9-20-17(11-15)19(24)22-18-10-13(3)26-23-18/h4-12H,1-3H3,(H,20,21)(H,22,23,24). The average molecular weight is 352 g/mol. The number of pyridine rings is 1. The first-order valence-corrected chi connectivity index (χ1v) is 8.24. The second kappa shape index (κ2) is 7.69. The van der Waals surface area contributed by atoms with Crippen molar-refractivity contribution in [1.82, 2.24) is 10.1 Å². The van der Waals surface area contributed by atoms with E-state index < -0.39 is 0 Å². The molecule has 7 heteroatoms. The molecule has 0 bridgehead atoms. The molecule has 134 valence electrons. The summed E-state index contributed by atoms with van der Waals surface area (Å²) in [7, 11) is 0. The monoisotopic (exact) mass is 352 g/mol. The molecule has 3 rings (SSSR count). The Morgan fingerprint density at radius 3 is 2.54 bits per heavy atom. The number of hydrogen-bond acceptors (Lipinski definition) is 6. The molecule has 0 unspecified atom stereocenters. The van der Waals surface area contributed by atoms with Gasteiger partial charge < -0.3 is 19.9 Å². The number of hydrogen-bond donors (Lipinski definition) is 2. The summed E-state index contributed by atoms with van der Waals surface area (Å²) in [5.41, 5.74) is 1.90. The van der Waals surface area contributed by atoms with Crippen LogP contribution in [0, 0.1) is 6.92 Å². The van der Waals surface area contributed by atoms with Gasteiger partial charge in [-0.05, 0) is 57.2 Å². The van der Waals surface area contributed by atoms with Crippen LogP contribution in [0.4, 0.5) is 17.2 Å². The maximum absolute atomic E-state index is 12.3. The third-order valence-corrected chi connectivity index (χ3v) is 3.38. The van der Waals surface area contributed by atoms with Crippen LogP contribution in [0.15, 0.2) is 53.2 Å². The highest BCUT2D eigenvalue weighted by Crippen LogP contribution is 2.21. The molecule has 0 radical (unpaired) electrons. The third-order valence-electron chi connectivity index (χ3n) is 3.38. The predicted molar refractivity (Wildman–Crippen MR) is 98.9 cm³/mol. The van der Waals surface area contributed by atoms with Crippen molar-refractivity contribution in [1.29, 1.82) is 0 Å². The lowest BCUT2D eigenvalue weighted by Gasteiger charge is -2.11. The van der Waals surface area contributed by atoms with E-state index in [9.17, 15) is 4.79 Å². The second-order valence-corrected chi connectivity index (χ2v) is 6.02. The Morgan fingerprint density at radius 2 is 1.88 bits per heavy atom. The molecule has 0 atom stereocenters. The predicted octanol–water partition coefficient (Wildman–Crippen LogP) is 4.16. The van der Waals surface area contributed by atoms with Gasteiger partial charge in [-0.1, -0.05) is 5.16 Å². The number of carbonyl (C=O) groups excluding carboxylic acids is 1. The topological polar surface area (TPSA) is 89.3 Å². The van der Waals surface area contributed by atoms with Gasteiger partial charge in [-0.25, -0.2) is 0 Å². The Bertz CT molecular complexity index is 888. The minimum Gasteiger partial charge on any atom is -0.491 e. The van der Waals surface area contributed by atoms with Gasteiger partial charge in [0.1, 0.15) is 17.2 Å². The Kier molecular flexibility index (Phi) is 5.17. The summed E-state index contributed by atoms with van der Waals surface area (Å²) >= 11 is 0. The molecule has 2 N–H and O–H groups in total. The van der Waals surface area contributed by atoms with Gasteiger partial charge >= 0.3 is 0 Å². The summed E-state index contributed by atoms with van der Waals surface area (Å²) in [6, 6.07) is 12.7. The molecule has 7 nitrogen and oxygen atoms in total. The maximum atomic E-state index is 12.3. The lowest BCUT2D eigenvalue weighted by molar-refractivity contribution is 0.102. The Balaban J connectivity index is 1.67. The first-order chi connectivity index (χ1) is 12.5. The number of benzene rings is 1. The van der Waals surface area contributed by atoms with Crippen LogP contribution in [-0.2, 0) is 0 Å². The van der Waals surface area contributed by atoms with Gasteiger partial charge in [0.25, 0.3) is 5.91 Å². The van der Waals surface area contributed by atoms with Crippen molar-refractivity contribution in [3.8, 4) is 5.75 Å². The Hall–Kier alpha value is -3.35. The maximum Gasteiger partial charge on any atom is 0.275 e. The van der Waals surface area contributed by atoms with E-state index >= 15 is 0 Å². The molecule has 2 heterocycles. The van der Waals surface area contributed by atoms with Gasteiger partial charge in [0.2, 0.25) is 0 Å². The van der Waals surface area contributed by atoms with Crippen LogP contribution in [0.2, 0.25) is 0 Å². The van der Waals surface area contributed by atoms with E-state index in [-0.39, 0.29) is 17.7 Å². The molecule has 0 spiro atoms. The fourth-order valence-electron chi connectivity index (χ4n) is 2.29. The largest absolute Gasteiger partial charge is 0.491 e. The van der Waals surface area contributed by atoms with Crippen molar-refractivity contribution >= 4 is 23.1 Å². The number of aromatic nitrogens is 2. The summed E-state index contributed by atoms with van der Waals surface area (Å²) < 4.78 is 10.6. The number of carbonyl (C=O) groups is 1. The minimum absolute atomic E-state index is 0.128. The Labute approximate surface area is 151 Å². The minimum atomic E-state index is -0.359. The molecule has 0 fully saturated rings. The number of ether oxygens (including phenoxy) is 1. The van der Waals surface area contributed by atoms with E-state index in [0.717, 1.165) is 17.1 Å². The smallest absolute Gasteiger partial charge is 0.275 e. The van der Waals surface area contributed by atoms with Crippen LogP contribution >= 0.6 is 0 Å². The van der Waals surface area contributed by atoms with Crippen molar-refractivity contribution in [2.45, 2.75) is 26.9 Å².